The van der Waals surface area contributed by atoms with Gasteiger partial charge >= 0.3 is 11.9 Å². The number of hydrogen-bond acceptors (Lipinski definition) is 6. The van der Waals surface area contributed by atoms with Crippen molar-refractivity contribution in [1.82, 2.24) is 10.2 Å². The van der Waals surface area contributed by atoms with E-state index in [1.54, 1.807) is 13.8 Å². The number of aliphatic carboxylic acids is 2. The SMILES string of the molecule is CC.CC(=O)C1CCC(CNC(=O)C(C)CC(=O)O)CC1.C[C@@H](C(=O)O)N(C)C(=O)CCS. The van der Waals surface area contributed by atoms with Gasteiger partial charge in [0.05, 0.1) is 6.42 Å². The van der Waals surface area contributed by atoms with Gasteiger partial charge in [-0.2, -0.15) is 12.6 Å². The van der Waals surface area contributed by atoms with Crippen LogP contribution in [0.1, 0.15) is 73.1 Å². The van der Waals surface area contributed by atoms with Crippen molar-refractivity contribution >= 4 is 42.2 Å². The highest BCUT2D eigenvalue weighted by molar-refractivity contribution is 7.80. The number of thiol groups is 1. The number of carboxylic acid groups (broad SMARTS) is 2. The first-order valence-corrected chi connectivity index (χ1v) is 12.1. The third kappa shape index (κ3) is 14.6. The largest absolute Gasteiger partial charge is 0.481 e. The summed E-state index contributed by atoms with van der Waals surface area (Å²) in [5.74, 6) is -1.53. The van der Waals surface area contributed by atoms with E-state index in [1.165, 1.54) is 18.9 Å². The second-order valence-electron chi connectivity index (χ2n) is 8.06. The minimum Gasteiger partial charge on any atom is -0.481 e. The van der Waals surface area contributed by atoms with E-state index >= 15 is 0 Å². The molecule has 2 amide bonds. The van der Waals surface area contributed by atoms with Crippen LogP contribution >= 0.6 is 12.6 Å². The molecule has 3 N–H and O–H groups in total. The van der Waals surface area contributed by atoms with Crippen molar-refractivity contribution < 1.29 is 34.2 Å². The summed E-state index contributed by atoms with van der Waals surface area (Å²) >= 11 is 3.88. The van der Waals surface area contributed by atoms with E-state index in [0.717, 1.165) is 25.7 Å². The van der Waals surface area contributed by atoms with E-state index in [4.69, 9.17) is 10.2 Å². The third-order valence-corrected chi connectivity index (χ3v) is 5.80. The molecule has 0 aromatic heterocycles. The molecule has 0 aliphatic heterocycles. The van der Waals surface area contributed by atoms with Crippen molar-refractivity contribution in [2.75, 3.05) is 19.3 Å². The Morgan fingerprint density at radius 3 is 1.94 bits per heavy atom. The minimum absolute atomic E-state index is 0.136. The molecule has 0 radical (unpaired) electrons. The molecule has 1 unspecified atom stereocenters. The van der Waals surface area contributed by atoms with E-state index in [1.807, 2.05) is 13.8 Å². The topological polar surface area (TPSA) is 141 Å². The average Bonchev–Trinajstić information content (AvgIpc) is 2.78. The molecule has 1 aliphatic rings. The van der Waals surface area contributed by atoms with Crippen LogP contribution < -0.4 is 5.32 Å². The Morgan fingerprint density at radius 1 is 1.03 bits per heavy atom. The first-order valence-electron chi connectivity index (χ1n) is 11.5. The number of nitrogens with one attached hydrogen (secondary N) is 1. The summed E-state index contributed by atoms with van der Waals surface area (Å²) in [5.41, 5.74) is 0. The summed E-state index contributed by atoms with van der Waals surface area (Å²) in [4.78, 5) is 56.2. The molecule has 0 aromatic rings. The predicted molar refractivity (Wildman–Crippen MR) is 130 cm³/mol. The Morgan fingerprint density at radius 2 is 1.55 bits per heavy atom. The first-order chi connectivity index (χ1) is 15.4. The molecule has 1 fully saturated rings. The number of carbonyl (C=O) groups is 5. The zero-order chi connectivity index (χ0) is 26.1. The number of hydrogen-bond donors (Lipinski definition) is 4. The van der Waals surface area contributed by atoms with Crippen LogP contribution in [0.25, 0.3) is 0 Å². The van der Waals surface area contributed by atoms with Crippen molar-refractivity contribution in [2.24, 2.45) is 17.8 Å². The van der Waals surface area contributed by atoms with Crippen LogP contribution in [0.5, 0.6) is 0 Å². The maximum absolute atomic E-state index is 11.7. The number of carboxylic acids is 2. The van der Waals surface area contributed by atoms with Gasteiger partial charge in [0.1, 0.15) is 11.8 Å². The fraction of sp³-hybridized carbons (Fsp3) is 0.783. The Balaban J connectivity index is 0. The van der Waals surface area contributed by atoms with Gasteiger partial charge in [0.25, 0.3) is 0 Å². The van der Waals surface area contributed by atoms with Crippen LogP contribution in [0.4, 0.5) is 0 Å². The van der Waals surface area contributed by atoms with Gasteiger partial charge in [0.15, 0.2) is 0 Å². The highest BCUT2D eigenvalue weighted by Crippen LogP contribution is 2.28. The van der Waals surface area contributed by atoms with Crippen molar-refractivity contribution in [1.29, 1.82) is 0 Å². The Hall–Kier alpha value is -2.10. The predicted octanol–water partition coefficient (Wildman–Crippen LogP) is 2.87. The monoisotopic (exact) mass is 490 g/mol. The van der Waals surface area contributed by atoms with Crippen molar-refractivity contribution in [3.8, 4) is 0 Å². The van der Waals surface area contributed by atoms with Gasteiger partial charge in [-0.1, -0.05) is 20.8 Å². The second kappa shape index (κ2) is 18.3. The summed E-state index contributed by atoms with van der Waals surface area (Å²) in [6.07, 6.45) is 3.86. The Labute approximate surface area is 203 Å². The van der Waals surface area contributed by atoms with Crippen molar-refractivity contribution in [2.45, 2.75) is 79.2 Å². The number of Topliss-reactive ketones (excluding diaryl/α,β-unsaturated/α-hetero) is 1. The Bertz CT molecular complexity index is 634. The number of carbonyl (C=O) groups excluding carboxylic acids is 3. The molecule has 0 spiro atoms. The van der Waals surface area contributed by atoms with Gasteiger partial charge in [0.2, 0.25) is 11.8 Å². The molecule has 10 heteroatoms. The van der Waals surface area contributed by atoms with Crippen LogP contribution in [0, 0.1) is 17.8 Å². The highest BCUT2D eigenvalue weighted by Gasteiger charge is 2.25. The van der Waals surface area contributed by atoms with E-state index in [-0.39, 0.29) is 36.4 Å². The molecule has 0 aromatic carbocycles. The van der Waals surface area contributed by atoms with E-state index in [9.17, 15) is 24.0 Å². The van der Waals surface area contributed by atoms with Crippen molar-refractivity contribution in [3.05, 3.63) is 0 Å². The molecule has 2 atom stereocenters. The van der Waals surface area contributed by atoms with E-state index in [0.29, 0.717) is 18.2 Å². The molecular formula is C23H42N2O7S. The zero-order valence-corrected chi connectivity index (χ0v) is 21.7. The van der Waals surface area contributed by atoms with E-state index in [2.05, 4.69) is 17.9 Å². The lowest BCUT2D eigenvalue weighted by Crippen LogP contribution is -2.40. The van der Waals surface area contributed by atoms with E-state index < -0.39 is 23.9 Å². The van der Waals surface area contributed by atoms with Gasteiger partial charge in [-0.05, 0) is 51.2 Å². The van der Waals surface area contributed by atoms with Crippen LogP contribution in [0.2, 0.25) is 0 Å². The Kier molecular flexibility index (Phi) is 18.4. The van der Waals surface area contributed by atoms with Gasteiger partial charge in [-0.3, -0.25) is 19.2 Å². The lowest BCUT2D eigenvalue weighted by Gasteiger charge is -2.27. The molecule has 1 rings (SSSR count). The molecule has 0 bridgehead atoms. The van der Waals surface area contributed by atoms with Crippen molar-refractivity contribution in [3.63, 3.8) is 0 Å². The summed E-state index contributed by atoms with van der Waals surface area (Å²) < 4.78 is 0. The third-order valence-electron chi connectivity index (χ3n) is 5.57. The van der Waals surface area contributed by atoms with Crippen LogP contribution in [-0.2, 0) is 24.0 Å². The minimum atomic E-state index is -0.995. The molecule has 1 saturated carbocycles. The normalized spacial score (nSPS) is 18.8. The van der Waals surface area contributed by atoms with Crippen LogP contribution in [-0.4, -0.2) is 70.0 Å². The molecule has 192 valence electrons. The number of likely N-dealkylation sites (N-methyl/N-ethyl adjacent to an activating group) is 1. The fourth-order valence-electron chi connectivity index (χ4n) is 3.20. The van der Waals surface area contributed by atoms with Crippen LogP contribution in [0.15, 0.2) is 0 Å². The molecule has 1 aliphatic carbocycles. The molecular weight excluding hydrogens is 448 g/mol. The standard InChI is InChI=1S/C14H23NO4.C7H13NO3S.C2H6/c1-9(7-13(17)18)14(19)15-8-11-3-5-12(6-4-11)10(2)16;1-5(7(10)11)8(2)6(9)3-4-12;1-2/h9,11-12H,3-8H2,1-2H3,(H,15,19)(H,17,18);5,12H,3-4H2,1-2H3,(H,10,11);1-2H3/t;5-;/m.0./s1. The number of rotatable bonds is 10. The lowest BCUT2D eigenvalue weighted by molar-refractivity contribution is -0.148. The average molecular weight is 491 g/mol. The maximum atomic E-state index is 11.7. The smallest absolute Gasteiger partial charge is 0.326 e. The number of amides is 2. The molecule has 33 heavy (non-hydrogen) atoms. The van der Waals surface area contributed by atoms with Gasteiger partial charge < -0.3 is 20.4 Å². The van der Waals surface area contributed by atoms with Gasteiger partial charge in [-0.25, -0.2) is 4.79 Å². The summed E-state index contributed by atoms with van der Waals surface area (Å²) in [6, 6.07) is -0.766. The molecule has 9 nitrogen and oxygen atoms in total. The second-order valence-corrected chi connectivity index (χ2v) is 8.51. The summed E-state index contributed by atoms with van der Waals surface area (Å²) in [7, 11) is 1.48. The summed E-state index contributed by atoms with van der Waals surface area (Å²) in [6.45, 7) is 9.32. The quantitative estimate of drug-likeness (QED) is 0.345. The highest BCUT2D eigenvalue weighted by atomic mass is 32.1. The van der Waals surface area contributed by atoms with Gasteiger partial charge in [-0.15, -0.1) is 0 Å². The summed E-state index contributed by atoms with van der Waals surface area (Å²) in [5, 5.41) is 20.0. The van der Waals surface area contributed by atoms with Crippen LogP contribution in [0.3, 0.4) is 0 Å². The lowest BCUT2D eigenvalue weighted by atomic mass is 9.80. The number of nitrogens with zero attached hydrogens (tertiary/aromatic N) is 1. The van der Waals surface area contributed by atoms with Gasteiger partial charge in [0, 0.05) is 31.8 Å². The first kappa shape index (κ1) is 33.1. The molecule has 0 saturated heterocycles. The number of ketones is 1. The zero-order valence-electron chi connectivity index (χ0n) is 20.8. The fourth-order valence-corrected chi connectivity index (χ4v) is 3.39. The maximum Gasteiger partial charge on any atom is 0.326 e. The molecule has 0 heterocycles.